The highest BCUT2D eigenvalue weighted by molar-refractivity contribution is 5.91. The normalized spacial score (nSPS) is 10.8. The zero-order chi connectivity index (χ0) is 17.6. The van der Waals surface area contributed by atoms with Gasteiger partial charge in [0.1, 0.15) is 5.75 Å². The predicted octanol–water partition coefficient (Wildman–Crippen LogP) is 5.27. The molecule has 0 saturated carbocycles. The fourth-order valence-corrected chi connectivity index (χ4v) is 2.46. The lowest BCUT2D eigenvalue weighted by molar-refractivity contribution is 0.0735. The van der Waals surface area contributed by atoms with E-state index >= 15 is 0 Å². The van der Waals surface area contributed by atoms with Gasteiger partial charge in [0.25, 0.3) is 0 Å². The summed E-state index contributed by atoms with van der Waals surface area (Å²) in [5, 5.41) is 0. The van der Waals surface area contributed by atoms with Gasteiger partial charge in [0.2, 0.25) is 0 Å². The van der Waals surface area contributed by atoms with Gasteiger partial charge in [-0.3, -0.25) is 4.99 Å². The van der Waals surface area contributed by atoms with Gasteiger partial charge in [0.05, 0.1) is 11.3 Å². The quantitative estimate of drug-likeness (QED) is 0.371. The van der Waals surface area contributed by atoms with Gasteiger partial charge in [0.15, 0.2) is 0 Å². The molecule has 0 amide bonds. The van der Waals surface area contributed by atoms with Crippen molar-refractivity contribution in [3.8, 4) is 5.75 Å². The Hall–Kier alpha value is -3.20. The van der Waals surface area contributed by atoms with Crippen molar-refractivity contribution in [1.82, 2.24) is 0 Å². The fraction of sp³-hybridized carbons (Fsp3) is 0.0909. The summed E-state index contributed by atoms with van der Waals surface area (Å²) in [5.41, 5.74) is 4.79. The minimum absolute atomic E-state index is 0.364. The van der Waals surface area contributed by atoms with E-state index in [2.05, 4.69) is 18.0 Å². The minimum Gasteiger partial charge on any atom is -0.423 e. The molecule has 3 rings (SSSR count). The predicted molar refractivity (Wildman–Crippen MR) is 101 cm³/mol. The van der Waals surface area contributed by atoms with Crippen molar-refractivity contribution in [2.24, 2.45) is 4.99 Å². The molecule has 3 aromatic carbocycles. The van der Waals surface area contributed by atoms with Crippen LogP contribution in [0.15, 0.2) is 77.8 Å². The van der Waals surface area contributed by atoms with Crippen LogP contribution in [0.5, 0.6) is 5.75 Å². The molecule has 124 valence electrons. The molecule has 0 fully saturated rings. The standard InChI is InChI=1S/C22H19NO2/c1-16-8-13-21(17(2)14-16)23-15-18-9-11-20(12-10-18)25-22(24)19-6-4-3-5-7-19/h3-15H,1-2H3. The summed E-state index contributed by atoms with van der Waals surface area (Å²) in [6.07, 6.45) is 1.81. The first kappa shape index (κ1) is 16.7. The second-order valence-electron chi connectivity index (χ2n) is 5.87. The first-order valence-corrected chi connectivity index (χ1v) is 8.10. The van der Waals surface area contributed by atoms with Crippen LogP contribution < -0.4 is 4.74 Å². The van der Waals surface area contributed by atoms with Crippen LogP contribution in [0, 0.1) is 13.8 Å². The third-order valence-corrected chi connectivity index (χ3v) is 3.81. The Kier molecular flexibility index (Phi) is 5.05. The molecular weight excluding hydrogens is 310 g/mol. The van der Waals surface area contributed by atoms with Crippen LogP contribution in [0.2, 0.25) is 0 Å². The molecule has 0 bridgehead atoms. The molecule has 0 aliphatic rings. The number of nitrogens with zero attached hydrogens (tertiary/aromatic N) is 1. The van der Waals surface area contributed by atoms with E-state index in [4.69, 9.17) is 4.74 Å². The van der Waals surface area contributed by atoms with E-state index in [0.29, 0.717) is 11.3 Å². The van der Waals surface area contributed by atoms with E-state index in [1.807, 2.05) is 49.4 Å². The Morgan fingerprint density at radius 2 is 1.64 bits per heavy atom. The molecule has 0 saturated heterocycles. The second-order valence-corrected chi connectivity index (χ2v) is 5.87. The summed E-state index contributed by atoms with van der Waals surface area (Å²) in [6.45, 7) is 4.11. The number of hydrogen-bond donors (Lipinski definition) is 0. The highest BCUT2D eigenvalue weighted by Crippen LogP contribution is 2.20. The number of hydrogen-bond acceptors (Lipinski definition) is 3. The first-order chi connectivity index (χ1) is 12.1. The zero-order valence-corrected chi connectivity index (χ0v) is 14.3. The van der Waals surface area contributed by atoms with Gasteiger partial charge < -0.3 is 4.74 Å². The van der Waals surface area contributed by atoms with Crippen molar-refractivity contribution < 1.29 is 9.53 Å². The maximum absolute atomic E-state index is 12.0. The Morgan fingerprint density at radius 3 is 2.32 bits per heavy atom. The zero-order valence-electron chi connectivity index (χ0n) is 14.3. The van der Waals surface area contributed by atoms with E-state index < -0.39 is 0 Å². The van der Waals surface area contributed by atoms with E-state index in [9.17, 15) is 4.79 Å². The van der Waals surface area contributed by atoms with Gasteiger partial charge in [0, 0.05) is 6.21 Å². The van der Waals surface area contributed by atoms with Crippen LogP contribution in [0.4, 0.5) is 5.69 Å². The Bertz CT molecular complexity index is 897. The number of aliphatic imine (C=N–C) groups is 1. The van der Waals surface area contributed by atoms with Crippen LogP contribution in [0.25, 0.3) is 0 Å². The largest absolute Gasteiger partial charge is 0.423 e. The molecular formula is C22H19NO2. The van der Waals surface area contributed by atoms with Crippen molar-refractivity contribution in [3.05, 3.63) is 95.1 Å². The summed E-state index contributed by atoms with van der Waals surface area (Å²) in [4.78, 5) is 16.5. The smallest absolute Gasteiger partial charge is 0.343 e. The average Bonchev–Trinajstić information content (AvgIpc) is 2.63. The molecule has 0 spiro atoms. The molecule has 3 aromatic rings. The molecule has 0 aromatic heterocycles. The number of carbonyl (C=O) groups is 1. The highest BCUT2D eigenvalue weighted by atomic mass is 16.5. The topological polar surface area (TPSA) is 38.7 Å². The second kappa shape index (κ2) is 7.58. The van der Waals surface area contributed by atoms with Crippen LogP contribution in [0.3, 0.4) is 0 Å². The maximum atomic E-state index is 12.0. The lowest BCUT2D eigenvalue weighted by Crippen LogP contribution is -2.07. The van der Waals surface area contributed by atoms with Crippen molar-refractivity contribution in [3.63, 3.8) is 0 Å². The summed E-state index contributed by atoms with van der Waals surface area (Å²) in [5.74, 6) is 0.148. The van der Waals surface area contributed by atoms with Gasteiger partial charge in [-0.25, -0.2) is 4.79 Å². The maximum Gasteiger partial charge on any atom is 0.343 e. The van der Waals surface area contributed by atoms with E-state index in [-0.39, 0.29) is 5.97 Å². The lowest BCUT2D eigenvalue weighted by Gasteiger charge is -2.04. The molecule has 0 atom stereocenters. The SMILES string of the molecule is Cc1ccc(N=Cc2ccc(OC(=O)c3ccccc3)cc2)c(C)c1. The summed E-state index contributed by atoms with van der Waals surface area (Å²) in [6, 6.07) is 22.4. The number of benzene rings is 3. The molecule has 0 N–H and O–H groups in total. The van der Waals surface area contributed by atoms with Crippen molar-refractivity contribution in [1.29, 1.82) is 0 Å². The van der Waals surface area contributed by atoms with Crippen molar-refractivity contribution in [2.45, 2.75) is 13.8 Å². The monoisotopic (exact) mass is 329 g/mol. The van der Waals surface area contributed by atoms with E-state index in [0.717, 1.165) is 16.8 Å². The number of aryl methyl sites for hydroxylation is 2. The number of esters is 1. The van der Waals surface area contributed by atoms with E-state index in [1.54, 1.807) is 30.5 Å². The summed E-state index contributed by atoms with van der Waals surface area (Å²) < 4.78 is 5.37. The van der Waals surface area contributed by atoms with Crippen LogP contribution in [0.1, 0.15) is 27.0 Å². The summed E-state index contributed by atoms with van der Waals surface area (Å²) in [7, 11) is 0. The van der Waals surface area contributed by atoms with Gasteiger partial charge >= 0.3 is 5.97 Å². The fourth-order valence-electron chi connectivity index (χ4n) is 2.46. The third kappa shape index (κ3) is 4.42. The third-order valence-electron chi connectivity index (χ3n) is 3.81. The molecule has 3 heteroatoms. The van der Waals surface area contributed by atoms with Gasteiger partial charge in [-0.2, -0.15) is 0 Å². The van der Waals surface area contributed by atoms with Crippen molar-refractivity contribution >= 4 is 17.9 Å². The summed E-state index contributed by atoms with van der Waals surface area (Å²) >= 11 is 0. The van der Waals surface area contributed by atoms with Crippen molar-refractivity contribution in [2.75, 3.05) is 0 Å². The number of rotatable bonds is 4. The molecule has 25 heavy (non-hydrogen) atoms. The van der Waals surface area contributed by atoms with Crippen LogP contribution >= 0.6 is 0 Å². The molecule has 3 nitrogen and oxygen atoms in total. The molecule has 0 radical (unpaired) electrons. The Labute approximate surface area is 147 Å². The molecule has 0 heterocycles. The Balaban J connectivity index is 1.68. The van der Waals surface area contributed by atoms with Gasteiger partial charge in [-0.15, -0.1) is 0 Å². The minimum atomic E-state index is -0.364. The molecule has 0 aliphatic carbocycles. The van der Waals surface area contributed by atoms with Crippen LogP contribution in [-0.2, 0) is 0 Å². The number of ether oxygens (including phenoxy) is 1. The first-order valence-electron chi connectivity index (χ1n) is 8.10. The molecule has 0 unspecified atom stereocenters. The van der Waals surface area contributed by atoms with E-state index in [1.165, 1.54) is 5.56 Å². The van der Waals surface area contributed by atoms with Crippen LogP contribution in [-0.4, -0.2) is 12.2 Å². The average molecular weight is 329 g/mol. The van der Waals surface area contributed by atoms with Gasteiger partial charge in [-0.05, 0) is 67.4 Å². The van der Waals surface area contributed by atoms with Gasteiger partial charge in [-0.1, -0.05) is 35.9 Å². The lowest BCUT2D eigenvalue weighted by atomic mass is 10.1. The Morgan fingerprint density at radius 1 is 0.920 bits per heavy atom. The molecule has 0 aliphatic heterocycles. The number of carbonyl (C=O) groups excluding carboxylic acids is 1. The highest BCUT2D eigenvalue weighted by Gasteiger charge is 2.07.